The van der Waals surface area contributed by atoms with Gasteiger partial charge in [0.05, 0.1) is 0 Å². The Bertz CT molecular complexity index is 501. The maximum atomic E-state index is 3.58. The summed E-state index contributed by atoms with van der Waals surface area (Å²) in [5.74, 6) is 0.795. The second-order valence-corrected chi connectivity index (χ2v) is 5.29. The van der Waals surface area contributed by atoms with Crippen molar-refractivity contribution in [1.29, 1.82) is 0 Å². The van der Waals surface area contributed by atoms with Crippen LogP contribution in [-0.2, 0) is 0 Å². The zero-order valence-corrected chi connectivity index (χ0v) is 10.8. The molecule has 1 aliphatic heterocycles. The van der Waals surface area contributed by atoms with E-state index in [1.54, 1.807) is 0 Å². The second-order valence-electron chi connectivity index (χ2n) is 5.29. The summed E-state index contributed by atoms with van der Waals surface area (Å²) in [6, 6.07) is 20.1. The smallest absolute Gasteiger partial charge is 0.0323 e. The van der Waals surface area contributed by atoms with Crippen LogP contribution in [0.15, 0.2) is 54.6 Å². The Morgan fingerprint density at radius 3 is 2.17 bits per heavy atom. The van der Waals surface area contributed by atoms with Crippen LogP contribution in [0.3, 0.4) is 0 Å². The molecule has 92 valence electrons. The van der Waals surface area contributed by atoms with Crippen LogP contribution in [0.5, 0.6) is 0 Å². The summed E-state index contributed by atoms with van der Waals surface area (Å²) in [7, 11) is 0. The number of benzene rings is 2. The van der Waals surface area contributed by atoms with E-state index < -0.39 is 0 Å². The minimum absolute atomic E-state index is 0.546. The zero-order valence-electron chi connectivity index (χ0n) is 10.8. The Kier molecular flexibility index (Phi) is 3.16. The highest BCUT2D eigenvalue weighted by Crippen LogP contribution is 2.28. The standard InChI is InChI=1S/C17H19N/c1-13-11-17(18-12-13)16-9-7-15(8-10-16)14-5-3-2-4-6-14/h2-10,13,17-18H,11-12H2,1H3/t13-,17+/m1/s1. The van der Waals surface area contributed by atoms with Gasteiger partial charge in [0.25, 0.3) is 0 Å². The van der Waals surface area contributed by atoms with Crippen LogP contribution in [-0.4, -0.2) is 6.54 Å². The van der Waals surface area contributed by atoms with E-state index in [0.717, 1.165) is 12.5 Å². The van der Waals surface area contributed by atoms with Crippen LogP contribution in [0.4, 0.5) is 0 Å². The summed E-state index contributed by atoms with van der Waals surface area (Å²) in [5, 5.41) is 3.58. The van der Waals surface area contributed by atoms with Crippen molar-refractivity contribution in [2.45, 2.75) is 19.4 Å². The Morgan fingerprint density at radius 2 is 1.56 bits per heavy atom. The molecule has 0 aliphatic carbocycles. The highest BCUT2D eigenvalue weighted by molar-refractivity contribution is 5.63. The molecule has 2 aromatic rings. The molecule has 1 saturated heterocycles. The third-order valence-corrected chi connectivity index (χ3v) is 3.77. The van der Waals surface area contributed by atoms with Crippen molar-refractivity contribution in [3.05, 3.63) is 60.2 Å². The van der Waals surface area contributed by atoms with E-state index in [0.29, 0.717) is 6.04 Å². The van der Waals surface area contributed by atoms with E-state index in [4.69, 9.17) is 0 Å². The fourth-order valence-corrected chi connectivity index (χ4v) is 2.70. The summed E-state index contributed by atoms with van der Waals surface area (Å²) in [4.78, 5) is 0. The van der Waals surface area contributed by atoms with E-state index in [2.05, 4.69) is 66.8 Å². The van der Waals surface area contributed by atoms with E-state index in [-0.39, 0.29) is 0 Å². The maximum absolute atomic E-state index is 3.58. The molecule has 1 heterocycles. The first kappa shape index (κ1) is 11.5. The van der Waals surface area contributed by atoms with Crippen molar-refractivity contribution in [3.8, 4) is 11.1 Å². The number of nitrogens with one attached hydrogen (secondary N) is 1. The lowest BCUT2D eigenvalue weighted by Crippen LogP contribution is -2.13. The predicted molar refractivity (Wildman–Crippen MR) is 76.4 cm³/mol. The average molecular weight is 237 g/mol. The average Bonchev–Trinajstić information content (AvgIpc) is 2.87. The molecule has 0 bridgehead atoms. The lowest BCUT2D eigenvalue weighted by atomic mass is 9.98. The minimum atomic E-state index is 0.546. The Morgan fingerprint density at radius 1 is 0.889 bits per heavy atom. The highest BCUT2D eigenvalue weighted by atomic mass is 14.9. The van der Waals surface area contributed by atoms with Gasteiger partial charge in [-0.25, -0.2) is 0 Å². The first-order chi connectivity index (χ1) is 8.83. The molecule has 0 amide bonds. The van der Waals surface area contributed by atoms with Gasteiger partial charge < -0.3 is 5.32 Å². The summed E-state index contributed by atoms with van der Waals surface area (Å²) in [6.07, 6.45) is 1.25. The van der Waals surface area contributed by atoms with Crippen molar-refractivity contribution in [3.63, 3.8) is 0 Å². The van der Waals surface area contributed by atoms with Gasteiger partial charge in [0.2, 0.25) is 0 Å². The Balaban J connectivity index is 1.81. The summed E-state index contributed by atoms with van der Waals surface area (Å²) >= 11 is 0. The van der Waals surface area contributed by atoms with Crippen LogP contribution >= 0.6 is 0 Å². The van der Waals surface area contributed by atoms with Crippen LogP contribution in [0, 0.1) is 5.92 Å². The van der Waals surface area contributed by atoms with Crippen molar-refractivity contribution in [2.24, 2.45) is 5.92 Å². The molecule has 2 aromatic carbocycles. The van der Waals surface area contributed by atoms with E-state index in [1.165, 1.54) is 23.1 Å². The topological polar surface area (TPSA) is 12.0 Å². The second kappa shape index (κ2) is 4.95. The molecule has 18 heavy (non-hydrogen) atoms. The van der Waals surface area contributed by atoms with Crippen LogP contribution in [0.2, 0.25) is 0 Å². The van der Waals surface area contributed by atoms with Crippen LogP contribution in [0.25, 0.3) is 11.1 Å². The predicted octanol–water partition coefficient (Wildman–Crippen LogP) is 4.02. The van der Waals surface area contributed by atoms with Gasteiger partial charge in [-0.2, -0.15) is 0 Å². The Hall–Kier alpha value is -1.60. The molecule has 0 aromatic heterocycles. The molecule has 0 unspecified atom stereocenters. The van der Waals surface area contributed by atoms with Gasteiger partial charge in [-0.3, -0.25) is 0 Å². The molecule has 1 fully saturated rings. The first-order valence-corrected chi connectivity index (χ1v) is 6.72. The monoisotopic (exact) mass is 237 g/mol. The molecule has 1 N–H and O–H groups in total. The molecule has 3 rings (SSSR count). The third-order valence-electron chi connectivity index (χ3n) is 3.77. The summed E-state index contributed by atoms with van der Waals surface area (Å²) in [6.45, 7) is 3.45. The molecule has 0 saturated carbocycles. The maximum Gasteiger partial charge on any atom is 0.0323 e. The molecular formula is C17H19N. The van der Waals surface area contributed by atoms with Gasteiger partial charge in [0.1, 0.15) is 0 Å². The molecule has 0 spiro atoms. The SMILES string of the molecule is C[C@H]1CN[C@H](c2ccc(-c3ccccc3)cc2)C1. The molecule has 1 heteroatoms. The van der Waals surface area contributed by atoms with Crippen molar-refractivity contribution >= 4 is 0 Å². The van der Waals surface area contributed by atoms with Crippen molar-refractivity contribution < 1.29 is 0 Å². The lowest BCUT2D eigenvalue weighted by molar-refractivity contribution is 0.612. The molecule has 1 nitrogen and oxygen atoms in total. The third kappa shape index (κ3) is 2.32. The van der Waals surface area contributed by atoms with E-state index in [9.17, 15) is 0 Å². The summed E-state index contributed by atoms with van der Waals surface area (Å²) < 4.78 is 0. The van der Waals surface area contributed by atoms with Gasteiger partial charge in [0.15, 0.2) is 0 Å². The molecular weight excluding hydrogens is 218 g/mol. The van der Waals surface area contributed by atoms with Gasteiger partial charge in [-0.1, -0.05) is 61.5 Å². The van der Waals surface area contributed by atoms with Gasteiger partial charge in [0, 0.05) is 6.04 Å². The normalized spacial score (nSPS) is 23.2. The first-order valence-electron chi connectivity index (χ1n) is 6.72. The quantitative estimate of drug-likeness (QED) is 0.831. The fraction of sp³-hybridized carbons (Fsp3) is 0.294. The van der Waals surface area contributed by atoms with Crippen LogP contribution in [0.1, 0.15) is 24.9 Å². The Labute approximate surface area is 109 Å². The molecule has 2 atom stereocenters. The largest absolute Gasteiger partial charge is 0.310 e. The summed E-state index contributed by atoms with van der Waals surface area (Å²) in [5.41, 5.74) is 4.00. The van der Waals surface area contributed by atoms with E-state index in [1.807, 2.05) is 0 Å². The van der Waals surface area contributed by atoms with Crippen molar-refractivity contribution in [2.75, 3.05) is 6.54 Å². The molecule has 0 radical (unpaired) electrons. The molecule has 1 aliphatic rings. The fourth-order valence-electron chi connectivity index (χ4n) is 2.70. The number of hydrogen-bond donors (Lipinski definition) is 1. The zero-order chi connectivity index (χ0) is 12.4. The van der Waals surface area contributed by atoms with Gasteiger partial charge >= 0.3 is 0 Å². The number of rotatable bonds is 2. The van der Waals surface area contributed by atoms with Gasteiger partial charge in [-0.15, -0.1) is 0 Å². The van der Waals surface area contributed by atoms with E-state index >= 15 is 0 Å². The van der Waals surface area contributed by atoms with Crippen molar-refractivity contribution in [1.82, 2.24) is 5.32 Å². The number of hydrogen-bond acceptors (Lipinski definition) is 1. The van der Waals surface area contributed by atoms with Crippen LogP contribution < -0.4 is 5.32 Å². The lowest BCUT2D eigenvalue weighted by Gasteiger charge is -2.11. The minimum Gasteiger partial charge on any atom is -0.310 e. The van der Waals surface area contributed by atoms with Gasteiger partial charge in [-0.05, 0) is 35.6 Å². The highest BCUT2D eigenvalue weighted by Gasteiger charge is 2.21.